The third-order valence-electron chi connectivity index (χ3n) is 5.60. The number of hydrogen-bond donors (Lipinski definition) is 0. The smallest absolute Gasteiger partial charge is 0.0998 e. The van der Waals surface area contributed by atoms with Gasteiger partial charge in [-0.05, 0) is 85.7 Å². The highest BCUT2D eigenvalue weighted by molar-refractivity contribution is 9.10. The van der Waals surface area contributed by atoms with E-state index in [0.717, 1.165) is 22.0 Å². The molecule has 3 rings (SSSR count). The van der Waals surface area contributed by atoms with Crippen molar-refractivity contribution in [2.75, 3.05) is 11.9 Å². The van der Waals surface area contributed by atoms with Crippen molar-refractivity contribution in [2.45, 2.75) is 45.6 Å². The van der Waals surface area contributed by atoms with Gasteiger partial charge in [0.1, 0.15) is 0 Å². The summed E-state index contributed by atoms with van der Waals surface area (Å²) in [6, 6.07) is 14.8. The maximum absolute atomic E-state index is 9.66. The molecule has 0 bridgehead atoms. The number of halogens is 1. The molecule has 0 saturated heterocycles. The van der Waals surface area contributed by atoms with Crippen LogP contribution in [0.5, 0.6) is 0 Å². The lowest BCUT2D eigenvalue weighted by Gasteiger charge is -2.45. The first-order valence-electron chi connectivity index (χ1n) is 8.99. The number of benzene rings is 2. The molecular formula is C23H25BrN2. The van der Waals surface area contributed by atoms with Crippen molar-refractivity contribution in [3.05, 3.63) is 63.1 Å². The molecule has 1 unspecified atom stereocenters. The molecule has 3 heteroatoms. The Kier molecular flexibility index (Phi) is 4.99. The molecule has 0 N–H and O–H groups in total. The summed E-state index contributed by atoms with van der Waals surface area (Å²) in [4.78, 5) is 2.39. The molecule has 26 heavy (non-hydrogen) atoms. The van der Waals surface area contributed by atoms with E-state index in [9.17, 15) is 5.26 Å². The molecule has 0 radical (unpaired) electrons. The maximum atomic E-state index is 9.66. The van der Waals surface area contributed by atoms with Gasteiger partial charge in [-0.25, -0.2) is 0 Å². The van der Waals surface area contributed by atoms with Gasteiger partial charge in [-0.2, -0.15) is 5.26 Å². The third-order valence-corrected chi connectivity index (χ3v) is 6.13. The van der Waals surface area contributed by atoms with Crippen LogP contribution in [0.25, 0.3) is 11.6 Å². The van der Waals surface area contributed by atoms with Crippen LogP contribution in [0.3, 0.4) is 0 Å². The fourth-order valence-electron chi connectivity index (χ4n) is 3.86. The fraction of sp³-hybridized carbons (Fsp3) is 0.348. The second kappa shape index (κ2) is 6.93. The Labute approximate surface area is 165 Å². The number of anilines is 1. The number of aryl methyl sites for hydroxylation is 1. The minimum Gasteiger partial charge on any atom is -0.369 e. The summed E-state index contributed by atoms with van der Waals surface area (Å²) in [5.74, 6) is 0.502. The third kappa shape index (κ3) is 3.44. The van der Waals surface area contributed by atoms with E-state index < -0.39 is 0 Å². The van der Waals surface area contributed by atoms with Crippen LogP contribution in [0.15, 0.2) is 40.9 Å². The zero-order chi connectivity index (χ0) is 19.1. The first kappa shape index (κ1) is 18.7. The number of nitrogens with zero attached hydrogens (tertiary/aromatic N) is 2. The normalized spacial score (nSPS) is 19.0. The predicted octanol–water partition coefficient (Wildman–Crippen LogP) is 6.54. The lowest BCUT2D eigenvalue weighted by atomic mass is 9.79. The van der Waals surface area contributed by atoms with Gasteiger partial charge in [0.15, 0.2) is 0 Å². The van der Waals surface area contributed by atoms with Crippen LogP contribution in [0.2, 0.25) is 0 Å². The van der Waals surface area contributed by atoms with Crippen LogP contribution in [0, 0.1) is 18.3 Å². The van der Waals surface area contributed by atoms with Crippen LogP contribution >= 0.6 is 15.9 Å². The molecule has 0 aliphatic carbocycles. The van der Waals surface area contributed by atoms with Crippen LogP contribution < -0.4 is 4.90 Å². The molecule has 1 aliphatic heterocycles. The summed E-state index contributed by atoms with van der Waals surface area (Å²) in [5, 5.41) is 9.66. The largest absolute Gasteiger partial charge is 0.369 e. The van der Waals surface area contributed by atoms with E-state index in [2.05, 4.69) is 73.8 Å². The molecule has 2 aromatic carbocycles. The molecule has 1 aliphatic rings. The van der Waals surface area contributed by atoms with Crippen LogP contribution in [0.1, 0.15) is 55.4 Å². The molecule has 1 heterocycles. The first-order valence-corrected chi connectivity index (χ1v) is 9.78. The lowest BCUT2D eigenvalue weighted by Crippen LogP contribution is -2.45. The van der Waals surface area contributed by atoms with Crippen LogP contribution in [0.4, 0.5) is 5.69 Å². The number of rotatable bonds is 2. The van der Waals surface area contributed by atoms with Crippen LogP contribution in [-0.4, -0.2) is 12.6 Å². The van der Waals surface area contributed by atoms with Gasteiger partial charge in [0.25, 0.3) is 0 Å². The van der Waals surface area contributed by atoms with Gasteiger partial charge < -0.3 is 4.90 Å². The number of nitriles is 1. The maximum Gasteiger partial charge on any atom is 0.0998 e. The van der Waals surface area contributed by atoms with E-state index in [0.29, 0.717) is 11.5 Å². The zero-order valence-corrected chi connectivity index (χ0v) is 17.7. The highest BCUT2D eigenvalue weighted by Crippen LogP contribution is 2.43. The van der Waals surface area contributed by atoms with E-state index >= 15 is 0 Å². The summed E-state index contributed by atoms with van der Waals surface area (Å²) in [6.07, 6.45) is 3.14. The quantitative estimate of drug-likeness (QED) is 0.416. The van der Waals surface area contributed by atoms with Crippen molar-refractivity contribution < 1.29 is 0 Å². The molecule has 2 aromatic rings. The van der Waals surface area contributed by atoms with Crippen molar-refractivity contribution in [1.82, 2.24) is 0 Å². The van der Waals surface area contributed by atoms with Gasteiger partial charge in [0.2, 0.25) is 0 Å². The van der Waals surface area contributed by atoms with Gasteiger partial charge in [-0.3, -0.25) is 0 Å². The summed E-state index contributed by atoms with van der Waals surface area (Å²) < 4.78 is 1.02. The number of hydrogen-bond acceptors (Lipinski definition) is 2. The topological polar surface area (TPSA) is 27.0 Å². The molecule has 1 atom stereocenters. The van der Waals surface area contributed by atoms with Crippen molar-refractivity contribution >= 4 is 33.3 Å². The average Bonchev–Trinajstić information content (AvgIpc) is 2.59. The van der Waals surface area contributed by atoms with Crippen LogP contribution in [-0.2, 0) is 0 Å². The van der Waals surface area contributed by atoms with Crippen molar-refractivity contribution in [3.8, 4) is 6.07 Å². The fourth-order valence-corrected chi connectivity index (χ4v) is 4.12. The predicted molar refractivity (Wildman–Crippen MR) is 114 cm³/mol. The van der Waals surface area contributed by atoms with Crippen molar-refractivity contribution in [3.63, 3.8) is 0 Å². The van der Waals surface area contributed by atoms with Crippen molar-refractivity contribution in [2.24, 2.45) is 0 Å². The van der Waals surface area contributed by atoms with E-state index in [1.807, 2.05) is 30.3 Å². The Morgan fingerprint density at radius 1 is 1.27 bits per heavy atom. The molecule has 0 amide bonds. The van der Waals surface area contributed by atoms with Gasteiger partial charge >= 0.3 is 0 Å². The van der Waals surface area contributed by atoms with Gasteiger partial charge in [-0.15, -0.1) is 0 Å². The number of allylic oxidation sites excluding steroid dienone is 1. The summed E-state index contributed by atoms with van der Waals surface area (Å²) in [6.45, 7) is 9.03. The molecule has 0 fully saturated rings. The Hall–Kier alpha value is -2.05. The summed E-state index contributed by atoms with van der Waals surface area (Å²) in [7, 11) is 2.18. The zero-order valence-electron chi connectivity index (χ0n) is 16.1. The number of fused-ring (bicyclic) bond motifs is 1. The standard InChI is InChI=1S/C23H25BrN2/c1-15-10-22-21(16(2)13-23(3,4)26(22)5)12-18(15)11-19(14-25)17-6-8-20(24)9-7-17/h6-12,16H,13H2,1-5H3/b19-11+. The first-order chi connectivity index (χ1) is 12.2. The Morgan fingerprint density at radius 2 is 1.92 bits per heavy atom. The lowest BCUT2D eigenvalue weighted by molar-refractivity contribution is 0.395. The SMILES string of the molecule is Cc1cc2c(cc1/C=C(\C#N)c1ccc(Br)cc1)C(C)CC(C)(C)N2C. The Morgan fingerprint density at radius 3 is 2.54 bits per heavy atom. The molecular weight excluding hydrogens is 384 g/mol. The van der Waals surface area contributed by atoms with Gasteiger partial charge in [0, 0.05) is 22.7 Å². The Bertz CT molecular complexity index is 901. The van der Waals surface area contributed by atoms with Gasteiger partial charge in [-0.1, -0.05) is 35.0 Å². The second-order valence-corrected chi connectivity index (χ2v) is 8.84. The van der Waals surface area contributed by atoms with Gasteiger partial charge in [0.05, 0.1) is 11.6 Å². The minimum atomic E-state index is 0.158. The molecule has 134 valence electrons. The summed E-state index contributed by atoms with van der Waals surface area (Å²) >= 11 is 3.45. The van der Waals surface area contributed by atoms with E-state index in [1.165, 1.54) is 16.8 Å². The minimum absolute atomic E-state index is 0.158. The molecule has 0 aromatic heterocycles. The van der Waals surface area contributed by atoms with E-state index in [1.54, 1.807) is 0 Å². The molecule has 2 nitrogen and oxygen atoms in total. The summed E-state index contributed by atoms with van der Waals surface area (Å²) in [5.41, 5.74) is 6.80. The highest BCUT2D eigenvalue weighted by Gasteiger charge is 2.34. The average molecular weight is 409 g/mol. The molecule has 0 spiro atoms. The Balaban J connectivity index is 2.08. The second-order valence-electron chi connectivity index (χ2n) is 7.92. The van der Waals surface area contributed by atoms with E-state index in [-0.39, 0.29) is 5.54 Å². The highest BCUT2D eigenvalue weighted by atomic mass is 79.9. The van der Waals surface area contributed by atoms with E-state index in [4.69, 9.17) is 0 Å². The van der Waals surface area contributed by atoms with Crippen molar-refractivity contribution in [1.29, 1.82) is 5.26 Å². The monoisotopic (exact) mass is 408 g/mol. The molecule has 0 saturated carbocycles.